The number of fused-ring (bicyclic) bond motifs is 4. The Labute approximate surface area is 259 Å². The minimum Gasteiger partial charge on any atom is -0.508 e. The van der Waals surface area contributed by atoms with Gasteiger partial charge in [0.1, 0.15) is 41.4 Å². The Balaban J connectivity index is 1.26. The number of hydrogen-bond donors (Lipinski definition) is 1. The predicted molar refractivity (Wildman–Crippen MR) is 164 cm³/mol. The van der Waals surface area contributed by atoms with Gasteiger partial charge in [0.05, 0.1) is 17.0 Å². The van der Waals surface area contributed by atoms with Gasteiger partial charge in [0.2, 0.25) is 0 Å². The average Bonchev–Trinajstić information content (AvgIpc) is 3.73. The second-order valence-corrected chi connectivity index (χ2v) is 13.0. The van der Waals surface area contributed by atoms with Crippen molar-refractivity contribution in [3.05, 3.63) is 47.7 Å². The zero-order valence-corrected chi connectivity index (χ0v) is 25.2. The zero-order valence-electron chi connectivity index (χ0n) is 25.2. The fraction of sp³-hybridized carbons (Fsp3) is 0.500. The lowest BCUT2D eigenvalue weighted by molar-refractivity contribution is 0.0771. The van der Waals surface area contributed by atoms with Crippen molar-refractivity contribution in [3.63, 3.8) is 0 Å². The van der Waals surface area contributed by atoms with Gasteiger partial charge in [0.25, 0.3) is 0 Å². The van der Waals surface area contributed by atoms with E-state index in [-0.39, 0.29) is 41.2 Å². The van der Waals surface area contributed by atoms with Gasteiger partial charge < -0.3 is 19.5 Å². The Hall–Kier alpha value is -3.70. The van der Waals surface area contributed by atoms with Crippen LogP contribution in [0.1, 0.15) is 44.6 Å². The molecule has 4 atom stereocenters. The van der Waals surface area contributed by atoms with Crippen LogP contribution in [-0.2, 0) is 11.2 Å². The molecule has 6 heterocycles. The number of pyridine rings is 1. The number of aromatic nitrogens is 3. The number of phenols is 1. The van der Waals surface area contributed by atoms with Crippen LogP contribution in [0.4, 0.5) is 19.0 Å². The Morgan fingerprint density at radius 3 is 2.89 bits per heavy atom. The summed E-state index contributed by atoms with van der Waals surface area (Å²) in [7, 11) is 0. The van der Waals surface area contributed by atoms with E-state index in [2.05, 4.69) is 19.8 Å². The number of phenolic OH excluding ortho intramolecular Hbond substituents is 1. The molecule has 0 bridgehead atoms. The van der Waals surface area contributed by atoms with Crippen molar-refractivity contribution in [2.75, 3.05) is 44.3 Å². The molecule has 4 aliphatic heterocycles. The average molecular weight is 620 g/mol. The fourth-order valence-electron chi connectivity index (χ4n) is 8.27. The molecule has 4 aliphatic rings. The van der Waals surface area contributed by atoms with E-state index in [1.54, 1.807) is 12.3 Å². The normalized spacial score (nSPS) is 26.6. The highest BCUT2D eigenvalue weighted by molar-refractivity contribution is 6.01. The van der Waals surface area contributed by atoms with E-state index in [1.165, 1.54) is 18.2 Å². The second-order valence-electron chi connectivity index (χ2n) is 13.0. The van der Waals surface area contributed by atoms with Gasteiger partial charge in [0.15, 0.2) is 5.82 Å². The van der Waals surface area contributed by atoms with E-state index >= 15 is 4.39 Å². The van der Waals surface area contributed by atoms with Crippen molar-refractivity contribution in [1.29, 1.82) is 0 Å². The number of rotatable bonds is 6. The number of hydrogen-bond acceptors (Lipinski definition) is 8. The summed E-state index contributed by atoms with van der Waals surface area (Å²) in [5.41, 5.74) is 0.277. The van der Waals surface area contributed by atoms with Crippen LogP contribution >= 0.6 is 0 Å². The molecule has 8 nitrogen and oxygen atoms in total. The lowest BCUT2D eigenvalue weighted by atomic mass is 9.93. The summed E-state index contributed by atoms with van der Waals surface area (Å²) in [5.74, 6) is -0.305. The highest BCUT2D eigenvalue weighted by Crippen LogP contribution is 2.42. The third-order valence-electron chi connectivity index (χ3n) is 10.4. The molecule has 4 aromatic rings. The third-order valence-corrected chi connectivity index (χ3v) is 10.4. The number of benzene rings is 2. The first kappa shape index (κ1) is 28.8. The van der Waals surface area contributed by atoms with Crippen LogP contribution in [0.15, 0.2) is 30.5 Å². The number of halogens is 3. The fourth-order valence-corrected chi connectivity index (χ4v) is 8.27. The van der Waals surface area contributed by atoms with Gasteiger partial charge in [-0.25, -0.2) is 13.2 Å². The molecule has 0 spiro atoms. The van der Waals surface area contributed by atoms with Gasteiger partial charge in [-0.1, -0.05) is 13.0 Å². The molecule has 0 amide bonds. The maximum atomic E-state index is 16.8. The van der Waals surface area contributed by atoms with Crippen molar-refractivity contribution in [2.24, 2.45) is 5.92 Å². The SMILES string of the molecule is CCc1c(F)ccc2cc(O)cc(-c3ncc4c(N5CCC6OCCC6C5)nc(OC[C@@]56CCCN5C[C@H](F)C6)nc4c3F)c12. The van der Waals surface area contributed by atoms with E-state index in [9.17, 15) is 13.9 Å². The van der Waals surface area contributed by atoms with Crippen LogP contribution in [0.5, 0.6) is 11.8 Å². The van der Waals surface area contributed by atoms with Crippen LogP contribution < -0.4 is 9.64 Å². The Morgan fingerprint density at radius 1 is 1.13 bits per heavy atom. The first-order chi connectivity index (χ1) is 21.8. The van der Waals surface area contributed by atoms with Gasteiger partial charge >= 0.3 is 6.01 Å². The molecule has 2 aromatic carbocycles. The summed E-state index contributed by atoms with van der Waals surface area (Å²) < 4.78 is 58.4. The Bertz CT molecular complexity index is 1810. The van der Waals surface area contributed by atoms with E-state index in [0.29, 0.717) is 65.9 Å². The number of ether oxygens (including phenoxy) is 2. The summed E-state index contributed by atoms with van der Waals surface area (Å²) in [6.07, 6.45) is 5.22. The van der Waals surface area contributed by atoms with Gasteiger partial charge in [-0.05, 0) is 73.2 Å². The van der Waals surface area contributed by atoms with Crippen LogP contribution in [0.25, 0.3) is 32.9 Å². The maximum Gasteiger partial charge on any atom is 0.319 e. The second kappa shape index (κ2) is 11.0. The number of alkyl halides is 1. The molecule has 2 unspecified atom stereocenters. The van der Waals surface area contributed by atoms with Gasteiger partial charge in [0, 0.05) is 50.3 Å². The molecule has 8 rings (SSSR count). The molecule has 4 saturated heterocycles. The molecule has 45 heavy (non-hydrogen) atoms. The van der Waals surface area contributed by atoms with Crippen molar-refractivity contribution in [3.8, 4) is 23.0 Å². The van der Waals surface area contributed by atoms with Gasteiger partial charge in [-0.2, -0.15) is 9.97 Å². The zero-order chi connectivity index (χ0) is 30.9. The van der Waals surface area contributed by atoms with E-state index in [0.717, 1.165) is 38.8 Å². The maximum absolute atomic E-state index is 16.8. The summed E-state index contributed by atoms with van der Waals surface area (Å²) in [5, 5.41) is 12.1. The molecular formula is C34H36F3N5O3. The molecule has 2 aromatic heterocycles. The van der Waals surface area contributed by atoms with Crippen molar-refractivity contribution in [2.45, 2.75) is 63.3 Å². The molecule has 236 valence electrons. The standard InChI is InChI=1S/C34H36F3N5O3/c1-2-23-26(36)5-4-19-12-22(43)13-24(28(19)23)30-29(37)31-25(15-38-30)32(41-10-6-27-20(16-41)7-11-44-27)40-33(39-31)45-18-34-8-3-9-42(34)17-21(35)14-34/h4-5,12-13,15,20-21,27,43H,2-3,6-11,14,16-18H2,1H3/t20?,21-,27?,34+/m1/s1. The quantitative estimate of drug-likeness (QED) is 0.283. The molecule has 0 aliphatic carbocycles. The number of aromatic hydroxyl groups is 1. The lowest BCUT2D eigenvalue weighted by Crippen LogP contribution is -2.44. The van der Waals surface area contributed by atoms with E-state index < -0.39 is 23.3 Å². The Morgan fingerprint density at radius 2 is 2.02 bits per heavy atom. The third kappa shape index (κ3) is 4.77. The highest BCUT2D eigenvalue weighted by Gasteiger charge is 2.49. The van der Waals surface area contributed by atoms with Crippen molar-refractivity contribution < 1.29 is 27.8 Å². The summed E-state index contributed by atoms with van der Waals surface area (Å²) in [6, 6.07) is 5.92. The Kier molecular flexibility index (Phi) is 7.01. The molecule has 0 saturated carbocycles. The molecule has 4 fully saturated rings. The molecule has 0 radical (unpaired) electrons. The molecule has 11 heteroatoms. The topological polar surface area (TPSA) is 83.8 Å². The summed E-state index contributed by atoms with van der Waals surface area (Å²) in [4.78, 5) is 18.3. The molecular weight excluding hydrogens is 583 g/mol. The largest absolute Gasteiger partial charge is 0.508 e. The van der Waals surface area contributed by atoms with E-state index in [1.807, 2.05) is 6.92 Å². The number of nitrogens with zero attached hydrogens (tertiary/aromatic N) is 5. The van der Waals surface area contributed by atoms with Crippen molar-refractivity contribution >= 4 is 27.5 Å². The highest BCUT2D eigenvalue weighted by atomic mass is 19.1. The van der Waals surface area contributed by atoms with Crippen LogP contribution in [0.2, 0.25) is 0 Å². The summed E-state index contributed by atoms with van der Waals surface area (Å²) in [6.45, 7) is 5.38. The number of aryl methyl sites for hydroxylation is 1. The first-order valence-corrected chi connectivity index (χ1v) is 16.0. The predicted octanol–water partition coefficient (Wildman–Crippen LogP) is 5.96. The van der Waals surface area contributed by atoms with Gasteiger partial charge in [-0.15, -0.1) is 0 Å². The van der Waals surface area contributed by atoms with Crippen LogP contribution in [-0.4, -0.2) is 82.2 Å². The lowest BCUT2D eigenvalue weighted by Gasteiger charge is -2.35. The smallest absolute Gasteiger partial charge is 0.319 e. The van der Waals surface area contributed by atoms with Crippen LogP contribution in [0, 0.1) is 17.6 Å². The van der Waals surface area contributed by atoms with Crippen molar-refractivity contribution in [1.82, 2.24) is 19.9 Å². The monoisotopic (exact) mass is 619 g/mol. The number of piperidine rings is 1. The summed E-state index contributed by atoms with van der Waals surface area (Å²) >= 11 is 0. The molecule has 1 N–H and O–H groups in total. The van der Waals surface area contributed by atoms with Gasteiger partial charge in [-0.3, -0.25) is 9.88 Å². The first-order valence-electron chi connectivity index (χ1n) is 16.0. The van der Waals surface area contributed by atoms with Crippen LogP contribution in [0.3, 0.4) is 0 Å². The minimum absolute atomic E-state index is 0.0305. The number of anilines is 1. The van der Waals surface area contributed by atoms with E-state index in [4.69, 9.17) is 14.5 Å². The minimum atomic E-state index is -0.905.